The minimum absolute atomic E-state index is 0.292. The maximum absolute atomic E-state index is 12.6. The first-order valence-corrected chi connectivity index (χ1v) is 9.37. The molecule has 2 aromatic carbocycles. The average Bonchev–Trinajstić information content (AvgIpc) is 2.56. The molecule has 0 saturated carbocycles. The van der Waals surface area contributed by atoms with Crippen LogP contribution in [-0.4, -0.2) is 39.3 Å². The minimum Gasteiger partial charge on any atom is -0.324 e. The molecular weight excluding hydrogens is 385 g/mol. The quantitative estimate of drug-likeness (QED) is 0.807. The third-order valence-corrected chi connectivity index (χ3v) is 5.83. The molecule has 9 heteroatoms. The molecule has 0 fully saturated rings. The molecule has 2 aromatic rings. The normalized spacial score (nSPS) is 11.4. The van der Waals surface area contributed by atoms with Gasteiger partial charge in [-0.1, -0.05) is 41.4 Å². The fourth-order valence-corrected chi connectivity index (χ4v) is 3.36. The summed E-state index contributed by atoms with van der Waals surface area (Å²) in [6.07, 6.45) is 0. The molecular formula is C16H17Cl2N3O3S. The molecule has 0 aliphatic carbocycles. The summed E-state index contributed by atoms with van der Waals surface area (Å²) in [5.74, 6) is -0.507. The van der Waals surface area contributed by atoms with Crippen molar-refractivity contribution in [3.05, 3.63) is 58.6 Å². The molecule has 0 unspecified atom stereocenters. The van der Waals surface area contributed by atoms with Crippen molar-refractivity contribution in [1.29, 1.82) is 0 Å². The van der Waals surface area contributed by atoms with Crippen molar-refractivity contribution in [2.75, 3.05) is 30.3 Å². The van der Waals surface area contributed by atoms with Gasteiger partial charge in [0, 0.05) is 19.8 Å². The monoisotopic (exact) mass is 401 g/mol. The zero-order chi connectivity index (χ0) is 18.6. The Balaban J connectivity index is 2.24. The Bertz CT molecular complexity index is 858. The largest absolute Gasteiger partial charge is 0.324 e. The Kier molecular flexibility index (Phi) is 6.29. The number of para-hydroxylation sites is 1. The molecule has 6 nitrogen and oxygen atoms in total. The number of anilines is 2. The molecule has 0 radical (unpaired) electrons. The summed E-state index contributed by atoms with van der Waals surface area (Å²) in [5, 5.41) is 3.27. The van der Waals surface area contributed by atoms with Crippen LogP contribution >= 0.6 is 23.2 Å². The predicted molar refractivity (Wildman–Crippen MR) is 101 cm³/mol. The molecule has 1 N–H and O–H groups in total. The maximum atomic E-state index is 12.6. The highest BCUT2D eigenvalue weighted by Gasteiger charge is 2.27. The van der Waals surface area contributed by atoms with Gasteiger partial charge >= 0.3 is 10.2 Å². The number of carbonyl (C=O) groups excluding carboxylic acids is 1. The van der Waals surface area contributed by atoms with E-state index >= 15 is 0 Å². The SMILES string of the molecule is CN(C)S(=O)(=O)N(CC(=O)Nc1ccc(Cl)c(Cl)c1)c1ccccc1. The number of carbonyl (C=O) groups is 1. The third kappa shape index (κ3) is 4.85. The van der Waals surface area contributed by atoms with Gasteiger partial charge in [-0.2, -0.15) is 12.7 Å². The zero-order valence-corrected chi connectivity index (χ0v) is 15.9. The van der Waals surface area contributed by atoms with Crippen molar-refractivity contribution in [1.82, 2.24) is 4.31 Å². The van der Waals surface area contributed by atoms with Crippen molar-refractivity contribution in [3.63, 3.8) is 0 Å². The number of amides is 1. The van der Waals surface area contributed by atoms with E-state index in [1.54, 1.807) is 42.5 Å². The molecule has 0 aliphatic rings. The van der Waals surface area contributed by atoms with Crippen molar-refractivity contribution < 1.29 is 13.2 Å². The number of benzene rings is 2. The van der Waals surface area contributed by atoms with Crippen LogP contribution in [0.1, 0.15) is 0 Å². The van der Waals surface area contributed by atoms with Crippen molar-refractivity contribution >= 4 is 50.7 Å². The van der Waals surface area contributed by atoms with E-state index in [4.69, 9.17) is 23.2 Å². The van der Waals surface area contributed by atoms with Crippen LogP contribution in [0.25, 0.3) is 0 Å². The first-order chi connectivity index (χ1) is 11.7. The fourth-order valence-electron chi connectivity index (χ4n) is 2.00. The summed E-state index contributed by atoms with van der Waals surface area (Å²) in [4.78, 5) is 12.3. The molecule has 0 aliphatic heterocycles. The van der Waals surface area contributed by atoms with E-state index in [0.717, 1.165) is 8.61 Å². The average molecular weight is 402 g/mol. The molecule has 0 heterocycles. The smallest absolute Gasteiger partial charge is 0.304 e. The van der Waals surface area contributed by atoms with Gasteiger partial charge in [-0.15, -0.1) is 0 Å². The van der Waals surface area contributed by atoms with Gasteiger partial charge in [-0.05, 0) is 30.3 Å². The van der Waals surface area contributed by atoms with E-state index < -0.39 is 16.1 Å². The number of rotatable bonds is 6. The summed E-state index contributed by atoms with van der Waals surface area (Å²) in [5.41, 5.74) is 0.815. The summed E-state index contributed by atoms with van der Waals surface area (Å²) < 4.78 is 27.2. The van der Waals surface area contributed by atoms with E-state index in [9.17, 15) is 13.2 Å². The second-order valence-corrected chi connectivity index (χ2v) is 8.19. The van der Waals surface area contributed by atoms with Crippen LogP contribution in [-0.2, 0) is 15.0 Å². The Hall–Kier alpha value is -1.80. The summed E-state index contributed by atoms with van der Waals surface area (Å²) in [6, 6.07) is 13.0. The number of hydrogen-bond acceptors (Lipinski definition) is 3. The van der Waals surface area contributed by atoms with Gasteiger partial charge in [-0.25, -0.2) is 4.31 Å². The van der Waals surface area contributed by atoms with Crippen molar-refractivity contribution in [3.8, 4) is 0 Å². The summed E-state index contributed by atoms with van der Waals surface area (Å²) in [6.45, 7) is -0.384. The van der Waals surface area contributed by atoms with Crippen LogP contribution in [0.15, 0.2) is 48.5 Å². The van der Waals surface area contributed by atoms with E-state index in [1.165, 1.54) is 20.2 Å². The third-order valence-electron chi connectivity index (χ3n) is 3.27. The van der Waals surface area contributed by atoms with E-state index in [-0.39, 0.29) is 6.54 Å². The molecule has 0 bridgehead atoms. The predicted octanol–water partition coefficient (Wildman–Crippen LogP) is 3.24. The van der Waals surface area contributed by atoms with Gasteiger partial charge in [0.25, 0.3) is 0 Å². The van der Waals surface area contributed by atoms with E-state index in [2.05, 4.69) is 5.32 Å². The van der Waals surface area contributed by atoms with Gasteiger partial charge < -0.3 is 5.32 Å². The molecule has 1 amide bonds. The molecule has 2 rings (SSSR count). The summed E-state index contributed by atoms with van der Waals surface area (Å²) >= 11 is 11.8. The van der Waals surface area contributed by atoms with Gasteiger partial charge in [0.15, 0.2) is 0 Å². The zero-order valence-electron chi connectivity index (χ0n) is 13.6. The standard InChI is InChI=1S/C16H17Cl2N3O3S/c1-20(2)25(23,24)21(13-6-4-3-5-7-13)11-16(22)19-12-8-9-14(17)15(18)10-12/h3-10H,11H2,1-2H3,(H,19,22). The van der Waals surface area contributed by atoms with Crippen molar-refractivity contribution in [2.45, 2.75) is 0 Å². The van der Waals surface area contributed by atoms with Crippen LogP contribution in [0.5, 0.6) is 0 Å². The van der Waals surface area contributed by atoms with E-state index in [1.807, 2.05) is 0 Å². The van der Waals surface area contributed by atoms with Gasteiger partial charge in [-0.3, -0.25) is 4.79 Å². The highest BCUT2D eigenvalue weighted by molar-refractivity contribution is 7.90. The second-order valence-electron chi connectivity index (χ2n) is 5.31. The molecule has 0 spiro atoms. The molecule has 134 valence electrons. The van der Waals surface area contributed by atoms with E-state index in [0.29, 0.717) is 21.4 Å². The van der Waals surface area contributed by atoms with Gasteiger partial charge in [0.2, 0.25) is 5.91 Å². The Morgan fingerprint density at radius 3 is 2.24 bits per heavy atom. The highest BCUT2D eigenvalue weighted by atomic mass is 35.5. The summed E-state index contributed by atoms with van der Waals surface area (Å²) in [7, 11) is -1.03. The van der Waals surface area contributed by atoms with Crippen LogP contribution in [0.3, 0.4) is 0 Å². The Morgan fingerprint density at radius 2 is 1.68 bits per heavy atom. The topological polar surface area (TPSA) is 69.7 Å². The molecule has 25 heavy (non-hydrogen) atoms. The second kappa shape index (κ2) is 8.05. The Labute approximate surface area is 157 Å². The van der Waals surface area contributed by atoms with Crippen molar-refractivity contribution in [2.24, 2.45) is 0 Å². The number of nitrogens with zero attached hydrogens (tertiary/aromatic N) is 2. The van der Waals surface area contributed by atoms with Gasteiger partial charge in [0.05, 0.1) is 15.7 Å². The number of hydrogen-bond donors (Lipinski definition) is 1. The lowest BCUT2D eigenvalue weighted by molar-refractivity contribution is -0.114. The van der Waals surface area contributed by atoms with Crippen LogP contribution in [0.2, 0.25) is 10.0 Å². The molecule has 0 aromatic heterocycles. The molecule has 0 atom stereocenters. The van der Waals surface area contributed by atoms with Crippen LogP contribution in [0, 0.1) is 0 Å². The minimum atomic E-state index is -3.84. The number of halogens is 2. The highest BCUT2D eigenvalue weighted by Crippen LogP contribution is 2.25. The maximum Gasteiger partial charge on any atom is 0.304 e. The first kappa shape index (κ1) is 19.5. The molecule has 0 saturated heterocycles. The lowest BCUT2D eigenvalue weighted by Gasteiger charge is -2.26. The lowest BCUT2D eigenvalue weighted by Crippen LogP contribution is -2.44. The van der Waals surface area contributed by atoms with Crippen LogP contribution < -0.4 is 9.62 Å². The van der Waals surface area contributed by atoms with Gasteiger partial charge in [0.1, 0.15) is 6.54 Å². The Morgan fingerprint density at radius 1 is 1.04 bits per heavy atom. The number of nitrogens with one attached hydrogen (secondary N) is 1. The van der Waals surface area contributed by atoms with Crippen LogP contribution in [0.4, 0.5) is 11.4 Å². The fraction of sp³-hybridized carbons (Fsp3) is 0.188. The lowest BCUT2D eigenvalue weighted by atomic mass is 10.3. The first-order valence-electron chi connectivity index (χ1n) is 7.22.